The van der Waals surface area contributed by atoms with Gasteiger partial charge in [-0.25, -0.2) is 0 Å². The first-order chi connectivity index (χ1) is 9.11. The van der Waals surface area contributed by atoms with Gasteiger partial charge in [0.1, 0.15) is 0 Å². The molecule has 2 aromatic rings. The molecule has 0 bridgehead atoms. The van der Waals surface area contributed by atoms with Crippen LogP contribution >= 0.6 is 12.4 Å². The molecule has 4 nitrogen and oxygen atoms in total. The monoisotopic (exact) mass is 290 g/mol. The van der Waals surface area contributed by atoms with Crippen LogP contribution in [-0.2, 0) is 5.54 Å². The van der Waals surface area contributed by atoms with Gasteiger partial charge in [0.15, 0.2) is 0 Å². The fourth-order valence-electron chi connectivity index (χ4n) is 2.59. The molecule has 104 valence electrons. The van der Waals surface area contributed by atoms with Crippen LogP contribution in [0.2, 0.25) is 0 Å². The quantitative estimate of drug-likeness (QED) is 0.696. The highest BCUT2D eigenvalue weighted by molar-refractivity contribution is 5.85. The van der Waals surface area contributed by atoms with Crippen molar-refractivity contribution in [3.05, 3.63) is 75.8 Å². The highest BCUT2D eigenvalue weighted by Gasteiger charge is 2.52. The minimum Gasteiger partial charge on any atom is -0.321 e. The van der Waals surface area contributed by atoms with Gasteiger partial charge in [-0.05, 0) is 17.5 Å². The molecule has 1 fully saturated rings. The molecule has 0 radical (unpaired) electrons. The summed E-state index contributed by atoms with van der Waals surface area (Å²) < 4.78 is 0. The summed E-state index contributed by atoms with van der Waals surface area (Å²) in [5.41, 5.74) is 8.31. The van der Waals surface area contributed by atoms with Crippen LogP contribution < -0.4 is 5.73 Å². The van der Waals surface area contributed by atoms with E-state index in [-0.39, 0.29) is 23.6 Å². The first kappa shape index (κ1) is 14.5. The van der Waals surface area contributed by atoms with Crippen LogP contribution in [0, 0.1) is 10.1 Å². The number of halogens is 1. The van der Waals surface area contributed by atoms with Gasteiger partial charge in [-0.1, -0.05) is 42.5 Å². The number of hydrogen-bond acceptors (Lipinski definition) is 3. The first-order valence-corrected chi connectivity index (χ1v) is 6.20. The molecule has 0 unspecified atom stereocenters. The molecule has 1 saturated carbocycles. The zero-order chi connectivity index (χ0) is 13.5. The van der Waals surface area contributed by atoms with Crippen LogP contribution in [0.15, 0.2) is 54.6 Å². The summed E-state index contributed by atoms with van der Waals surface area (Å²) in [6, 6.07) is 16.7. The molecule has 0 aromatic heterocycles. The van der Waals surface area contributed by atoms with E-state index in [4.69, 9.17) is 5.73 Å². The van der Waals surface area contributed by atoms with Gasteiger partial charge in [0.2, 0.25) is 0 Å². The normalized spacial score (nSPS) is 23.8. The standard InChI is InChI=1S/C15H14N2O2.ClH/c16-15(10-14(15)11-4-2-1-3-5-11)12-6-8-13(9-7-12)17(18)19;/h1-9,14H,10,16H2;1H/t14-,15+;/m1./s1. The SMILES string of the molecule is Cl.N[C@]1(c2ccc([N+](=O)[O-])cc2)C[C@@H]1c1ccccc1. The predicted molar refractivity (Wildman–Crippen MR) is 80.0 cm³/mol. The Kier molecular flexibility index (Phi) is 3.79. The van der Waals surface area contributed by atoms with E-state index in [0.29, 0.717) is 5.92 Å². The van der Waals surface area contributed by atoms with Gasteiger partial charge in [0.25, 0.3) is 5.69 Å². The van der Waals surface area contributed by atoms with Gasteiger partial charge in [-0.3, -0.25) is 10.1 Å². The molecular weight excluding hydrogens is 276 g/mol. The molecule has 1 aliphatic rings. The van der Waals surface area contributed by atoms with E-state index in [0.717, 1.165) is 12.0 Å². The van der Waals surface area contributed by atoms with Crippen molar-refractivity contribution < 1.29 is 4.92 Å². The molecular formula is C15H15ClN2O2. The maximum absolute atomic E-state index is 10.6. The van der Waals surface area contributed by atoms with Gasteiger partial charge in [-0.15, -0.1) is 12.4 Å². The molecule has 3 rings (SSSR count). The number of non-ortho nitro benzene ring substituents is 1. The van der Waals surface area contributed by atoms with Crippen LogP contribution in [0.5, 0.6) is 0 Å². The van der Waals surface area contributed by atoms with Crippen molar-refractivity contribution in [1.82, 2.24) is 0 Å². The molecule has 0 aliphatic heterocycles. The Morgan fingerprint density at radius 1 is 1.10 bits per heavy atom. The Labute approximate surface area is 123 Å². The molecule has 2 aromatic carbocycles. The third-order valence-corrected chi connectivity index (χ3v) is 3.82. The molecule has 5 heteroatoms. The van der Waals surface area contributed by atoms with Crippen LogP contribution in [0.1, 0.15) is 23.5 Å². The highest BCUT2D eigenvalue weighted by Crippen LogP contribution is 2.56. The average Bonchev–Trinajstić information content (AvgIpc) is 3.14. The summed E-state index contributed by atoms with van der Waals surface area (Å²) in [7, 11) is 0. The van der Waals surface area contributed by atoms with Crippen molar-refractivity contribution in [2.45, 2.75) is 17.9 Å². The van der Waals surface area contributed by atoms with Crippen molar-refractivity contribution >= 4 is 18.1 Å². The first-order valence-electron chi connectivity index (χ1n) is 6.20. The summed E-state index contributed by atoms with van der Waals surface area (Å²) in [4.78, 5) is 10.2. The molecule has 20 heavy (non-hydrogen) atoms. The van der Waals surface area contributed by atoms with E-state index < -0.39 is 4.92 Å². The Balaban J connectivity index is 0.00000147. The second-order valence-corrected chi connectivity index (χ2v) is 5.01. The summed E-state index contributed by atoms with van der Waals surface area (Å²) in [6.07, 6.45) is 0.884. The van der Waals surface area contributed by atoms with Crippen LogP contribution in [0.25, 0.3) is 0 Å². The van der Waals surface area contributed by atoms with Crippen molar-refractivity contribution in [3.8, 4) is 0 Å². The lowest BCUT2D eigenvalue weighted by Gasteiger charge is -2.12. The number of nitro groups is 1. The third kappa shape index (κ3) is 2.40. The molecule has 0 heterocycles. The Hall–Kier alpha value is -1.91. The topological polar surface area (TPSA) is 69.2 Å². The maximum atomic E-state index is 10.6. The van der Waals surface area contributed by atoms with E-state index in [9.17, 15) is 10.1 Å². The minimum absolute atomic E-state index is 0. The fourth-order valence-corrected chi connectivity index (χ4v) is 2.59. The smallest absolute Gasteiger partial charge is 0.269 e. The Bertz CT molecular complexity index is 616. The van der Waals surface area contributed by atoms with E-state index in [1.54, 1.807) is 12.1 Å². The van der Waals surface area contributed by atoms with Crippen molar-refractivity contribution in [1.29, 1.82) is 0 Å². The average molecular weight is 291 g/mol. The number of rotatable bonds is 3. The van der Waals surface area contributed by atoms with Crippen molar-refractivity contribution in [3.63, 3.8) is 0 Å². The summed E-state index contributed by atoms with van der Waals surface area (Å²) >= 11 is 0. The lowest BCUT2D eigenvalue weighted by molar-refractivity contribution is -0.384. The van der Waals surface area contributed by atoms with Crippen LogP contribution in [0.3, 0.4) is 0 Å². The summed E-state index contributed by atoms with van der Waals surface area (Å²) in [6.45, 7) is 0. The number of hydrogen-bond donors (Lipinski definition) is 1. The second kappa shape index (κ2) is 5.23. The third-order valence-electron chi connectivity index (χ3n) is 3.82. The Morgan fingerprint density at radius 3 is 2.25 bits per heavy atom. The zero-order valence-electron chi connectivity index (χ0n) is 10.7. The largest absolute Gasteiger partial charge is 0.321 e. The van der Waals surface area contributed by atoms with Gasteiger partial charge >= 0.3 is 0 Å². The number of nitrogens with zero attached hydrogens (tertiary/aromatic N) is 1. The lowest BCUT2D eigenvalue weighted by Crippen LogP contribution is -2.21. The molecule has 2 atom stereocenters. The van der Waals surface area contributed by atoms with Crippen molar-refractivity contribution in [2.24, 2.45) is 5.73 Å². The van der Waals surface area contributed by atoms with E-state index >= 15 is 0 Å². The second-order valence-electron chi connectivity index (χ2n) is 5.01. The highest BCUT2D eigenvalue weighted by atomic mass is 35.5. The van der Waals surface area contributed by atoms with Gasteiger partial charge in [0.05, 0.1) is 4.92 Å². The summed E-state index contributed by atoms with van der Waals surface area (Å²) in [5, 5.41) is 10.6. The van der Waals surface area contributed by atoms with E-state index in [1.165, 1.54) is 17.7 Å². The van der Waals surface area contributed by atoms with Crippen LogP contribution in [0.4, 0.5) is 5.69 Å². The zero-order valence-corrected chi connectivity index (χ0v) is 11.5. The summed E-state index contributed by atoms with van der Waals surface area (Å²) in [5.74, 6) is 0.301. The number of nitro benzene ring substituents is 1. The van der Waals surface area contributed by atoms with Gasteiger partial charge < -0.3 is 5.73 Å². The molecule has 0 saturated heterocycles. The fraction of sp³-hybridized carbons (Fsp3) is 0.200. The molecule has 2 N–H and O–H groups in total. The maximum Gasteiger partial charge on any atom is 0.269 e. The predicted octanol–water partition coefficient (Wildman–Crippen LogP) is 3.36. The van der Waals surface area contributed by atoms with Crippen LogP contribution in [-0.4, -0.2) is 4.92 Å². The Morgan fingerprint density at radius 2 is 1.70 bits per heavy atom. The van der Waals surface area contributed by atoms with E-state index in [2.05, 4.69) is 12.1 Å². The minimum atomic E-state index is -0.394. The van der Waals surface area contributed by atoms with E-state index in [1.807, 2.05) is 18.2 Å². The molecule has 0 amide bonds. The number of nitrogens with two attached hydrogens (primary N) is 1. The molecule has 1 aliphatic carbocycles. The van der Waals surface area contributed by atoms with Gasteiger partial charge in [0, 0.05) is 23.6 Å². The lowest BCUT2D eigenvalue weighted by atomic mass is 9.99. The molecule has 0 spiro atoms. The number of benzene rings is 2. The van der Waals surface area contributed by atoms with Crippen molar-refractivity contribution in [2.75, 3.05) is 0 Å². The van der Waals surface area contributed by atoms with Gasteiger partial charge in [-0.2, -0.15) is 0 Å².